The van der Waals surface area contributed by atoms with Crippen LogP contribution in [0, 0.1) is 0 Å². The second kappa shape index (κ2) is 11.7. The van der Waals surface area contributed by atoms with Crippen LogP contribution in [-0.4, -0.2) is 76.5 Å². The molecule has 12 heteroatoms. The quantitative estimate of drug-likeness (QED) is 0.427. The highest BCUT2D eigenvalue weighted by atomic mass is 35.5. The molecule has 0 aliphatic carbocycles. The Morgan fingerprint density at radius 3 is 2.59 bits per heavy atom. The Morgan fingerprint density at radius 2 is 1.91 bits per heavy atom. The number of hydrogen-bond donors (Lipinski definition) is 0. The molecule has 0 radical (unpaired) electrons. The fourth-order valence-electron chi connectivity index (χ4n) is 3.47. The van der Waals surface area contributed by atoms with Gasteiger partial charge in [0.15, 0.2) is 21.6 Å². The van der Waals surface area contributed by atoms with Crippen LogP contribution in [0.5, 0.6) is 5.75 Å². The van der Waals surface area contributed by atoms with E-state index in [-0.39, 0.29) is 29.8 Å². The van der Waals surface area contributed by atoms with Crippen molar-refractivity contribution in [1.82, 2.24) is 9.88 Å². The number of rotatable bonds is 8. The van der Waals surface area contributed by atoms with Gasteiger partial charge in [0.1, 0.15) is 11.3 Å². The highest BCUT2D eigenvalue weighted by Crippen LogP contribution is 2.32. The van der Waals surface area contributed by atoms with Crippen molar-refractivity contribution in [2.45, 2.75) is 4.90 Å². The summed E-state index contributed by atoms with van der Waals surface area (Å²) in [4.78, 5) is 21.7. The van der Waals surface area contributed by atoms with Gasteiger partial charge >= 0.3 is 0 Å². The molecule has 1 aliphatic rings. The van der Waals surface area contributed by atoms with Gasteiger partial charge in [-0.2, -0.15) is 0 Å². The maximum Gasteiger partial charge on any atom is 0.266 e. The van der Waals surface area contributed by atoms with E-state index in [0.29, 0.717) is 52.4 Å². The van der Waals surface area contributed by atoms with E-state index in [9.17, 15) is 13.2 Å². The van der Waals surface area contributed by atoms with Crippen LogP contribution in [0.1, 0.15) is 0 Å². The Kier molecular flexibility index (Phi) is 9.14. The number of anilines is 1. The van der Waals surface area contributed by atoms with Crippen LogP contribution < -0.4 is 9.64 Å². The predicted molar refractivity (Wildman–Crippen MR) is 137 cm³/mol. The van der Waals surface area contributed by atoms with Gasteiger partial charge in [-0.3, -0.25) is 14.6 Å². The molecule has 0 saturated carbocycles. The standard InChI is InChI=1S/C22H24ClN3O5S2.ClH/c1-33(28,29)19-4-2-3-18-21(19)24-22(32-18)26(10-9-25-11-13-30-14-12-25)20(27)15-31-17-7-5-16(23)6-8-17;/h2-8H,9-15H2,1H3;1H. The highest BCUT2D eigenvalue weighted by Gasteiger charge is 2.24. The number of para-hydroxylation sites is 1. The summed E-state index contributed by atoms with van der Waals surface area (Å²) in [5, 5.41) is 1.02. The van der Waals surface area contributed by atoms with Gasteiger partial charge in [0.25, 0.3) is 5.91 Å². The Bertz CT molecular complexity index is 1230. The number of benzene rings is 2. The largest absolute Gasteiger partial charge is 0.484 e. The number of carbonyl (C=O) groups excluding carboxylic acids is 1. The van der Waals surface area contributed by atoms with Gasteiger partial charge in [-0.1, -0.05) is 29.0 Å². The molecule has 34 heavy (non-hydrogen) atoms. The summed E-state index contributed by atoms with van der Waals surface area (Å²) in [6.07, 6.45) is 1.15. The van der Waals surface area contributed by atoms with E-state index >= 15 is 0 Å². The van der Waals surface area contributed by atoms with E-state index in [1.807, 2.05) is 0 Å². The predicted octanol–water partition coefficient (Wildman–Crippen LogP) is 3.52. The maximum atomic E-state index is 13.2. The van der Waals surface area contributed by atoms with Crippen molar-refractivity contribution in [2.75, 3.05) is 57.2 Å². The summed E-state index contributed by atoms with van der Waals surface area (Å²) in [6.45, 7) is 3.77. The molecule has 1 aliphatic heterocycles. The van der Waals surface area contributed by atoms with Crippen molar-refractivity contribution in [2.24, 2.45) is 0 Å². The molecule has 1 saturated heterocycles. The van der Waals surface area contributed by atoms with E-state index in [4.69, 9.17) is 21.1 Å². The van der Waals surface area contributed by atoms with E-state index in [0.717, 1.165) is 19.3 Å². The summed E-state index contributed by atoms with van der Waals surface area (Å²) >= 11 is 7.20. The lowest BCUT2D eigenvalue weighted by Crippen LogP contribution is -2.44. The zero-order chi connectivity index (χ0) is 23.4. The van der Waals surface area contributed by atoms with Crippen molar-refractivity contribution < 1.29 is 22.7 Å². The van der Waals surface area contributed by atoms with E-state index in [1.54, 1.807) is 41.3 Å². The molecule has 4 rings (SSSR count). The number of aromatic nitrogens is 1. The number of fused-ring (bicyclic) bond motifs is 1. The summed E-state index contributed by atoms with van der Waals surface area (Å²) in [6, 6.07) is 11.8. The summed E-state index contributed by atoms with van der Waals surface area (Å²) in [7, 11) is -3.46. The SMILES string of the molecule is CS(=O)(=O)c1cccc2sc(N(CCN3CCOCC3)C(=O)COc3ccc(Cl)cc3)nc12.Cl. The number of thiazole rings is 1. The fourth-order valence-corrected chi connectivity index (χ4v) is 5.53. The van der Waals surface area contributed by atoms with Crippen LogP contribution in [0.25, 0.3) is 10.2 Å². The van der Waals surface area contributed by atoms with Gasteiger partial charge in [-0.15, -0.1) is 12.4 Å². The topological polar surface area (TPSA) is 89.0 Å². The third-order valence-corrected chi connectivity index (χ3v) is 7.65. The van der Waals surface area contributed by atoms with Gasteiger partial charge in [0.2, 0.25) is 0 Å². The normalized spacial score (nSPS) is 14.5. The van der Waals surface area contributed by atoms with Gasteiger partial charge in [-0.25, -0.2) is 13.4 Å². The highest BCUT2D eigenvalue weighted by molar-refractivity contribution is 7.91. The lowest BCUT2D eigenvalue weighted by Gasteiger charge is -2.29. The molecule has 1 aromatic heterocycles. The molecular weight excluding hydrogens is 521 g/mol. The van der Waals surface area contributed by atoms with Crippen molar-refractivity contribution in [3.63, 3.8) is 0 Å². The van der Waals surface area contributed by atoms with Crippen LogP contribution >= 0.6 is 35.3 Å². The van der Waals surface area contributed by atoms with E-state index < -0.39 is 9.84 Å². The Labute approximate surface area is 213 Å². The smallest absolute Gasteiger partial charge is 0.266 e. The summed E-state index contributed by atoms with van der Waals surface area (Å²) < 4.78 is 36.2. The molecule has 0 N–H and O–H groups in total. The summed E-state index contributed by atoms with van der Waals surface area (Å²) in [5.74, 6) is 0.266. The van der Waals surface area contributed by atoms with Gasteiger partial charge < -0.3 is 9.47 Å². The van der Waals surface area contributed by atoms with Crippen LogP contribution in [-0.2, 0) is 19.4 Å². The monoisotopic (exact) mass is 545 g/mol. The fraction of sp³-hybridized carbons (Fsp3) is 0.364. The number of amides is 1. The number of carbonyl (C=O) groups is 1. The molecule has 3 aromatic rings. The average molecular weight is 546 g/mol. The Balaban J connectivity index is 0.00000324. The van der Waals surface area contributed by atoms with E-state index in [2.05, 4.69) is 9.88 Å². The van der Waals surface area contributed by atoms with Crippen molar-refractivity contribution in [3.05, 3.63) is 47.5 Å². The zero-order valence-corrected chi connectivity index (χ0v) is 21.7. The molecule has 0 bridgehead atoms. The Morgan fingerprint density at radius 1 is 1.21 bits per heavy atom. The minimum atomic E-state index is -3.46. The molecular formula is C22H25Cl2N3O5S2. The number of morpholine rings is 1. The third-order valence-electron chi connectivity index (χ3n) is 5.22. The van der Waals surface area contributed by atoms with Crippen LogP contribution in [0.2, 0.25) is 5.02 Å². The summed E-state index contributed by atoms with van der Waals surface area (Å²) in [5.41, 5.74) is 0.378. The number of sulfone groups is 1. The molecule has 0 atom stereocenters. The first kappa shape index (κ1) is 26.7. The number of ether oxygens (including phenoxy) is 2. The minimum absolute atomic E-state index is 0. The molecule has 1 fully saturated rings. The molecule has 2 aromatic carbocycles. The maximum absolute atomic E-state index is 13.2. The zero-order valence-electron chi connectivity index (χ0n) is 18.5. The van der Waals surface area contributed by atoms with Crippen molar-refractivity contribution >= 4 is 66.4 Å². The second-order valence-corrected chi connectivity index (χ2v) is 11.0. The molecule has 2 heterocycles. The first-order chi connectivity index (χ1) is 15.8. The van der Waals surface area contributed by atoms with Gasteiger partial charge in [0.05, 0.1) is 22.8 Å². The van der Waals surface area contributed by atoms with E-state index in [1.165, 1.54) is 17.4 Å². The average Bonchev–Trinajstić information content (AvgIpc) is 3.22. The van der Waals surface area contributed by atoms with Crippen molar-refractivity contribution in [3.8, 4) is 5.75 Å². The number of nitrogens with zero attached hydrogens (tertiary/aromatic N) is 3. The molecule has 0 spiro atoms. The first-order valence-corrected chi connectivity index (χ1v) is 13.5. The molecule has 1 amide bonds. The second-order valence-electron chi connectivity index (χ2n) is 7.61. The van der Waals surface area contributed by atoms with Gasteiger partial charge in [-0.05, 0) is 36.4 Å². The lowest BCUT2D eigenvalue weighted by atomic mass is 10.3. The molecule has 0 unspecified atom stereocenters. The third kappa shape index (κ3) is 6.59. The van der Waals surface area contributed by atoms with Crippen LogP contribution in [0.4, 0.5) is 5.13 Å². The Hall–Kier alpha value is -1.95. The lowest BCUT2D eigenvalue weighted by molar-refractivity contribution is -0.120. The first-order valence-electron chi connectivity index (χ1n) is 10.4. The van der Waals surface area contributed by atoms with Gasteiger partial charge in [0, 0.05) is 37.5 Å². The number of hydrogen-bond acceptors (Lipinski definition) is 8. The molecule has 8 nitrogen and oxygen atoms in total. The minimum Gasteiger partial charge on any atom is -0.484 e. The number of halogens is 2. The molecule has 184 valence electrons. The van der Waals surface area contributed by atoms with Crippen molar-refractivity contribution in [1.29, 1.82) is 0 Å². The van der Waals surface area contributed by atoms with Crippen LogP contribution in [0.15, 0.2) is 47.4 Å². The van der Waals surface area contributed by atoms with Crippen LogP contribution in [0.3, 0.4) is 0 Å².